The number of pyridine rings is 1. The molecule has 3 aromatic heterocycles. The summed E-state index contributed by atoms with van der Waals surface area (Å²) in [6, 6.07) is 3.68. The van der Waals surface area contributed by atoms with Crippen molar-refractivity contribution in [3.05, 3.63) is 29.9 Å². The molecule has 3 aromatic rings. The van der Waals surface area contributed by atoms with Crippen LogP contribution in [0, 0.1) is 11.8 Å². The number of hydrogen-bond donors (Lipinski definition) is 2. The maximum absolute atomic E-state index is 11.3. The van der Waals surface area contributed by atoms with Crippen molar-refractivity contribution in [1.29, 1.82) is 0 Å². The monoisotopic (exact) mass is 467 g/mol. The zero-order valence-corrected chi connectivity index (χ0v) is 19.2. The minimum absolute atomic E-state index is 0.108. The number of aliphatic carboxylic acids is 1. The number of nitrogens with zero attached hydrogens (tertiary/aromatic N) is 6. The molecule has 34 heavy (non-hydrogen) atoms. The Kier molecular flexibility index (Phi) is 6.41. The lowest BCUT2D eigenvalue weighted by Gasteiger charge is -2.27. The molecule has 180 valence electrons. The molecule has 0 amide bonds. The maximum Gasteiger partial charge on any atom is 0.306 e. The molecule has 3 heterocycles. The summed E-state index contributed by atoms with van der Waals surface area (Å²) in [5.41, 5.74) is 2.16. The van der Waals surface area contributed by atoms with Gasteiger partial charge in [-0.3, -0.25) is 9.78 Å². The van der Waals surface area contributed by atoms with Crippen molar-refractivity contribution in [1.82, 2.24) is 30.1 Å². The van der Waals surface area contributed by atoms with E-state index in [9.17, 15) is 9.90 Å². The largest absolute Gasteiger partial charge is 0.489 e. The normalized spacial score (nSPS) is 20.6. The Labute approximate surface area is 196 Å². The summed E-state index contributed by atoms with van der Waals surface area (Å²) in [5, 5.41) is 24.9. The number of carbonyl (C=O) groups is 1. The van der Waals surface area contributed by atoms with Crippen LogP contribution >= 0.6 is 0 Å². The van der Waals surface area contributed by atoms with Gasteiger partial charge >= 0.3 is 5.97 Å². The Hall–Kier alpha value is -3.50. The Morgan fingerprint density at radius 3 is 2.85 bits per heavy atom. The van der Waals surface area contributed by atoms with Crippen LogP contribution < -0.4 is 10.1 Å². The zero-order chi connectivity index (χ0) is 23.5. The molecule has 0 aliphatic heterocycles. The summed E-state index contributed by atoms with van der Waals surface area (Å²) in [6.45, 7) is 0.416. The molecule has 0 saturated heterocycles. The number of aromatic nitrogens is 6. The van der Waals surface area contributed by atoms with Gasteiger partial charge in [0.05, 0.1) is 36.2 Å². The van der Waals surface area contributed by atoms with Crippen LogP contribution in [0.4, 0.5) is 5.95 Å². The standard InChI is InChI=1S/C23H29N7O4/c1-30-19(13-25-23-26-20(34-28-23)10-14-4-2-5-14)21(27-29-30)18-9-8-17(12-24-18)33-16-7-3-6-15(11-16)22(31)32/h8-9,12,14-16H,2-7,10-11,13H2,1H3,(H,25,28)(H,31,32)/t15-,16-/m0/s1. The van der Waals surface area contributed by atoms with Crippen LogP contribution in [-0.4, -0.2) is 47.3 Å². The molecule has 5 rings (SSSR count). The summed E-state index contributed by atoms with van der Waals surface area (Å²) in [4.78, 5) is 20.2. The third kappa shape index (κ3) is 5.02. The molecule has 2 atom stereocenters. The first-order valence-electron chi connectivity index (χ1n) is 11.9. The van der Waals surface area contributed by atoms with Crippen molar-refractivity contribution in [2.75, 3.05) is 5.32 Å². The first kappa shape index (κ1) is 22.3. The molecule has 11 heteroatoms. The fraction of sp³-hybridized carbons (Fsp3) is 0.565. The third-order valence-electron chi connectivity index (χ3n) is 6.77. The Balaban J connectivity index is 1.21. The SMILES string of the molecule is Cn1nnc(-c2ccc(O[C@H]3CCC[C@H](C(=O)O)C3)cn2)c1CNc1noc(CC2CCC2)n1. The number of carboxylic acids is 1. The van der Waals surface area contributed by atoms with Gasteiger partial charge in [-0.05, 0) is 61.7 Å². The van der Waals surface area contributed by atoms with Gasteiger partial charge in [0.15, 0.2) is 0 Å². The number of nitrogens with one attached hydrogen (secondary N) is 1. The third-order valence-corrected chi connectivity index (χ3v) is 6.77. The summed E-state index contributed by atoms with van der Waals surface area (Å²) < 4.78 is 13.1. The van der Waals surface area contributed by atoms with E-state index in [2.05, 4.69) is 30.8 Å². The predicted molar refractivity (Wildman–Crippen MR) is 121 cm³/mol. The zero-order valence-electron chi connectivity index (χ0n) is 19.2. The molecule has 11 nitrogen and oxygen atoms in total. The average molecular weight is 468 g/mol. The van der Waals surface area contributed by atoms with Crippen LogP contribution in [-0.2, 0) is 24.8 Å². The molecular weight excluding hydrogens is 438 g/mol. The van der Waals surface area contributed by atoms with Crippen LogP contribution in [0.3, 0.4) is 0 Å². The molecule has 2 aliphatic carbocycles. The van der Waals surface area contributed by atoms with Crippen LogP contribution in [0.1, 0.15) is 56.5 Å². The van der Waals surface area contributed by atoms with Gasteiger partial charge in [-0.1, -0.05) is 11.6 Å². The molecule has 2 N–H and O–H groups in total. The van der Waals surface area contributed by atoms with Crippen molar-refractivity contribution in [3.63, 3.8) is 0 Å². The number of carboxylic acid groups (broad SMARTS) is 1. The molecule has 0 radical (unpaired) electrons. The van der Waals surface area contributed by atoms with Gasteiger partial charge in [-0.2, -0.15) is 4.98 Å². The van der Waals surface area contributed by atoms with E-state index in [4.69, 9.17) is 9.26 Å². The highest BCUT2D eigenvalue weighted by Crippen LogP contribution is 2.30. The molecular formula is C23H29N7O4. The van der Waals surface area contributed by atoms with E-state index >= 15 is 0 Å². The van der Waals surface area contributed by atoms with E-state index in [-0.39, 0.29) is 12.0 Å². The molecule has 2 aliphatic rings. The second kappa shape index (κ2) is 9.78. The highest BCUT2D eigenvalue weighted by Gasteiger charge is 2.28. The molecule has 2 fully saturated rings. The lowest BCUT2D eigenvalue weighted by atomic mass is 9.83. The average Bonchev–Trinajstić information content (AvgIpc) is 3.41. The molecule has 0 aromatic carbocycles. The van der Waals surface area contributed by atoms with Gasteiger partial charge in [-0.15, -0.1) is 5.10 Å². The number of aryl methyl sites for hydroxylation is 1. The first-order valence-corrected chi connectivity index (χ1v) is 11.9. The van der Waals surface area contributed by atoms with Crippen LogP contribution in [0.5, 0.6) is 5.75 Å². The van der Waals surface area contributed by atoms with E-state index in [1.807, 2.05) is 19.2 Å². The highest BCUT2D eigenvalue weighted by atomic mass is 16.5. The Bertz CT molecular complexity index is 1120. The smallest absolute Gasteiger partial charge is 0.306 e. The van der Waals surface area contributed by atoms with Crippen molar-refractivity contribution in [2.45, 2.75) is 64.0 Å². The summed E-state index contributed by atoms with van der Waals surface area (Å²) >= 11 is 0. The van der Waals surface area contributed by atoms with E-state index in [0.29, 0.717) is 54.3 Å². The van der Waals surface area contributed by atoms with E-state index in [0.717, 1.165) is 25.0 Å². The second-order valence-electron chi connectivity index (χ2n) is 9.20. The van der Waals surface area contributed by atoms with Crippen molar-refractivity contribution in [2.24, 2.45) is 18.9 Å². The number of anilines is 1. The minimum atomic E-state index is -0.749. The Morgan fingerprint density at radius 1 is 1.26 bits per heavy atom. The Morgan fingerprint density at radius 2 is 2.12 bits per heavy atom. The first-order chi connectivity index (χ1) is 16.5. The fourth-order valence-corrected chi connectivity index (χ4v) is 4.55. The van der Waals surface area contributed by atoms with Crippen molar-refractivity contribution in [3.8, 4) is 17.1 Å². The predicted octanol–water partition coefficient (Wildman–Crippen LogP) is 3.24. The van der Waals surface area contributed by atoms with Gasteiger partial charge in [0.1, 0.15) is 11.4 Å². The van der Waals surface area contributed by atoms with Crippen LogP contribution in [0.15, 0.2) is 22.9 Å². The molecule has 0 spiro atoms. The summed E-state index contributed by atoms with van der Waals surface area (Å²) in [6.07, 6.45) is 9.06. The minimum Gasteiger partial charge on any atom is -0.489 e. The molecule has 0 unspecified atom stereocenters. The quantitative estimate of drug-likeness (QED) is 0.482. The van der Waals surface area contributed by atoms with Crippen LogP contribution in [0.25, 0.3) is 11.4 Å². The van der Waals surface area contributed by atoms with E-state index in [1.54, 1.807) is 10.9 Å². The molecule has 2 saturated carbocycles. The van der Waals surface area contributed by atoms with Gasteiger partial charge in [-0.25, -0.2) is 4.68 Å². The summed E-state index contributed by atoms with van der Waals surface area (Å²) in [7, 11) is 1.82. The van der Waals surface area contributed by atoms with Gasteiger partial charge in [0, 0.05) is 13.5 Å². The van der Waals surface area contributed by atoms with E-state index < -0.39 is 5.97 Å². The van der Waals surface area contributed by atoms with Gasteiger partial charge < -0.3 is 19.7 Å². The summed E-state index contributed by atoms with van der Waals surface area (Å²) in [5.74, 6) is 1.31. The lowest BCUT2D eigenvalue weighted by molar-refractivity contribution is -0.143. The van der Waals surface area contributed by atoms with Crippen LogP contribution in [0.2, 0.25) is 0 Å². The maximum atomic E-state index is 11.3. The number of hydrogen-bond acceptors (Lipinski definition) is 9. The fourth-order valence-electron chi connectivity index (χ4n) is 4.55. The second-order valence-corrected chi connectivity index (χ2v) is 9.20. The highest BCUT2D eigenvalue weighted by molar-refractivity contribution is 5.70. The number of ether oxygens (including phenoxy) is 1. The van der Waals surface area contributed by atoms with Gasteiger partial charge in [0.2, 0.25) is 5.89 Å². The van der Waals surface area contributed by atoms with Gasteiger partial charge in [0.25, 0.3) is 5.95 Å². The number of rotatable bonds is 9. The lowest BCUT2D eigenvalue weighted by Crippen LogP contribution is -2.29. The van der Waals surface area contributed by atoms with E-state index in [1.165, 1.54) is 19.3 Å². The topological polar surface area (TPSA) is 141 Å². The van der Waals surface area contributed by atoms with Crippen molar-refractivity contribution >= 4 is 11.9 Å². The van der Waals surface area contributed by atoms with Crippen molar-refractivity contribution < 1.29 is 19.2 Å². The molecule has 0 bridgehead atoms.